The Labute approximate surface area is 165 Å². The maximum Gasteiger partial charge on any atom is 0.277 e. The van der Waals surface area contributed by atoms with E-state index in [9.17, 15) is 14.9 Å². The second kappa shape index (κ2) is 7.89. The largest absolute Gasteiger partial charge is 0.296 e. The molecular formula is C19H19N5O3S. The van der Waals surface area contributed by atoms with Crippen molar-refractivity contribution in [1.29, 1.82) is 0 Å². The first-order valence-corrected chi connectivity index (χ1v) is 10.0. The summed E-state index contributed by atoms with van der Waals surface area (Å²) in [5.74, 6) is -0.317. The van der Waals surface area contributed by atoms with Crippen molar-refractivity contribution in [3.05, 3.63) is 62.9 Å². The second-order valence-electron chi connectivity index (χ2n) is 6.68. The second-order valence-corrected chi connectivity index (χ2v) is 7.76. The lowest BCUT2D eigenvalue weighted by Gasteiger charge is -2.06. The highest BCUT2D eigenvalue weighted by Gasteiger charge is 2.17. The van der Waals surface area contributed by atoms with Gasteiger partial charge in [-0.25, -0.2) is 9.67 Å². The third-order valence-electron chi connectivity index (χ3n) is 4.71. The Kier molecular flexibility index (Phi) is 5.16. The number of nitrogens with one attached hydrogen (secondary N) is 1. The SMILES string of the molecule is O=C(Nc1nc2c(s1)CCCCCC2)c1ccn(-c2ccc([N+](=O)[O-])cc2)n1. The third kappa shape index (κ3) is 3.94. The highest BCUT2D eigenvalue weighted by Crippen LogP contribution is 2.28. The number of benzene rings is 1. The van der Waals surface area contributed by atoms with Crippen molar-refractivity contribution in [2.45, 2.75) is 38.5 Å². The minimum absolute atomic E-state index is 0.00760. The number of hydrogen-bond donors (Lipinski definition) is 1. The normalized spacial score (nSPS) is 14.0. The average molecular weight is 397 g/mol. The van der Waals surface area contributed by atoms with E-state index in [1.807, 2.05) is 0 Å². The van der Waals surface area contributed by atoms with Crippen molar-refractivity contribution < 1.29 is 9.72 Å². The van der Waals surface area contributed by atoms with E-state index in [2.05, 4.69) is 15.4 Å². The van der Waals surface area contributed by atoms with E-state index in [0.717, 1.165) is 25.0 Å². The molecule has 0 atom stereocenters. The van der Waals surface area contributed by atoms with Crippen molar-refractivity contribution in [1.82, 2.24) is 14.8 Å². The monoisotopic (exact) mass is 397 g/mol. The van der Waals surface area contributed by atoms with Gasteiger partial charge in [0.2, 0.25) is 0 Å². The number of thiazole rings is 1. The van der Waals surface area contributed by atoms with Crippen molar-refractivity contribution in [3.63, 3.8) is 0 Å². The standard InChI is InChI=1S/C19H19N5O3S/c25-18(21-19-20-15-5-3-1-2-4-6-17(15)28-19)16-11-12-23(22-16)13-7-9-14(10-8-13)24(26)27/h7-12H,1-6H2,(H,20,21,25). The summed E-state index contributed by atoms with van der Waals surface area (Å²) in [4.78, 5) is 28.7. The first-order valence-electron chi connectivity index (χ1n) is 9.20. The summed E-state index contributed by atoms with van der Waals surface area (Å²) in [7, 11) is 0. The maximum absolute atomic E-state index is 12.5. The fourth-order valence-corrected chi connectivity index (χ4v) is 4.28. The number of rotatable bonds is 4. The van der Waals surface area contributed by atoms with Crippen LogP contribution in [0.25, 0.3) is 5.69 Å². The van der Waals surface area contributed by atoms with Crippen LogP contribution in [-0.4, -0.2) is 25.6 Å². The Hall–Kier alpha value is -3.07. The van der Waals surface area contributed by atoms with E-state index in [-0.39, 0.29) is 17.3 Å². The lowest BCUT2D eigenvalue weighted by atomic mass is 10.0. The molecule has 0 radical (unpaired) electrons. The van der Waals surface area contributed by atoms with E-state index >= 15 is 0 Å². The van der Waals surface area contributed by atoms with Crippen LogP contribution in [0.5, 0.6) is 0 Å². The quantitative estimate of drug-likeness (QED) is 0.526. The molecular weight excluding hydrogens is 378 g/mol. The number of hydrogen-bond acceptors (Lipinski definition) is 6. The van der Waals surface area contributed by atoms with E-state index < -0.39 is 4.92 Å². The van der Waals surface area contributed by atoms with Gasteiger partial charge in [-0.15, -0.1) is 11.3 Å². The number of carbonyl (C=O) groups excluding carboxylic acids is 1. The summed E-state index contributed by atoms with van der Waals surface area (Å²) in [5.41, 5.74) is 2.02. The van der Waals surface area contributed by atoms with Gasteiger partial charge in [-0.3, -0.25) is 20.2 Å². The van der Waals surface area contributed by atoms with Crippen LogP contribution in [0.2, 0.25) is 0 Å². The number of aryl methyl sites for hydroxylation is 2. The molecule has 1 aliphatic carbocycles. The minimum Gasteiger partial charge on any atom is -0.296 e. The fourth-order valence-electron chi connectivity index (χ4n) is 3.24. The molecule has 0 unspecified atom stereocenters. The molecule has 1 amide bonds. The predicted octanol–water partition coefficient (Wildman–Crippen LogP) is 4.15. The number of non-ortho nitro benzene ring substituents is 1. The molecule has 1 N–H and O–H groups in total. The summed E-state index contributed by atoms with van der Waals surface area (Å²) in [6.45, 7) is 0. The highest BCUT2D eigenvalue weighted by atomic mass is 32.1. The fraction of sp³-hybridized carbons (Fsp3) is 0.316. The Morgan fingerprint density at radius 3 is 2.61 bits per heavy atom. The Morgan fingerprint density at radius 2 is 1.86 bits per heavy atom. The molecule has 0 fully saturated rings. The highest BCUT2D eigenvalue weighted by molar-refractivity contribution is 7.15. The van der Waals surface area contributed by atoms with Gasteiger partial charge in [0.15, 0.2) is 10.8 Å². The van der Waals surface area contributed by atoms with Gasteiger partial charge in [-0.1, -0.05) is 12.8 Å². The van der Waals surface area contributed by atoms with Crippen LogP contribution >= 0.6 is 11.3 Å². The van der Waals surface area contributed by atoms with Gasteiger partial charge in [-0.2, -0.15) is 5.10 Å². The molecule has 1 aliphatic rings. The summed E-state index contributed by atoms with van der Waals surface area (Å²) in [6.07, 6.45) is 8.44. The molecule has 0 saturated carbocycles. The lowest BCUT2D eigenvalue weighted by molar-refractivity contribution is -0.384. The Bertz CT molecular complexity index is 984. The van der Waals surface area contributed by atoms with Crippen LogP contribution in [0, 0.1) is 10.1 Å². The Balaban J connectivity index is 1.47. The van der Waals surface area contributed by atoms with Gasteiger partial charge >= 0.3 is 0 Å². The molecule has 2 aromatic heterocycles. The zero-order chi connectivity index (χ0) is 19.5. The zero-order valence-corrected chi connectivity index (χ0v) is 15.9. The number of nitro groups is 1. The van der Waals surface area contributed by atoms with E-state index in [1.54, 1.807) is 35.7 Å². The number of fused-ring (bicyclic) bond motifs is 1. The van der Waals surface area contributed by atoms with Gasteiger partial charge in [0.25, 0.3) is 11.6 Å². The lowest BCUT2D eigenvalue weighted by Crippen LogP contribution is -2.13. The minimum atomic E-state index is -0.455. The van der Waals surface area contributed by atoms with Crippen molar-refractivity contribution in [2.24, 2.45) is 0 Å². The first-order chi connectivity index (χ1) is 13.6. The number of anilines is 1. The number of nitrogens with zero attached hydrogens (tertiary/aromatic N) is 4. The zero-order valence-electron chi connectivity index (χ0n) is 15.1. The van der Waals surface area contributed by atoms with Gasteiger partial charge in [0.05, 0.1) is 16.3 Å². The van der Waals surface area contributed by atoms with Crippen LogP contribution in [0.1, 0.15) is 46.7 Å². The molecule has 0 saturated heterocycles. The van der Waals surface area contributed by atoms with E-state index in [1.165, 1.54) is 41.0 Å². The summed E-state index contributed by atoms with van der Waals surface area (Å²) in [6, 6.07) is 7.60. The molecule has 4 rings (SSSR count). The number of amides is 1. The number of carbonyl (C=O) groups is 1. The number of nitro benzene ring substituents is 1. The molecule has 9 heteroatoms. The summed E-state index contributed by atoms with van der Waals surface area (Å²) in [5, 5.41) is 18.5. The average Bonchev–Trinajstić information content (AvgIpc) is 3.29. The maximum atomic E-state index is 12.5. The molecule has 8 nitrogen and oxygen atoms in total. The van der Waals surface area contributed by atoms with Crippen molar-refractivity contribution >= 4 is 28.1 Å². The van der Waals surface area contributed by atoms with Gasteiger partial charge < -0.3 is 0 Å². The van der Waals surface area contributed by atoms with Crippen molar-refractivity contribution in [3.8, 4) is 5.69 Å². The topological polar surface area (TPSA) is 103 Å². The third-order valence-corrected chi connectivity index (χ3v) is 5.79. The summed E-state index contributed by atoms with van der Waals surface area (Å²) >= 11 is 1.55. The van der Waals surface area contributed by atoms with Gasteiger partial charge in [-0.05, 0) is 43.9 Å². The Morgan fingerprint density at radius 1 is 1.11 bits per heavy atom. The summed E-state index contributed by atoms with van der Waals surface area (Å²) < 4.78 is 1.51. The molecule has 3 aromatic rings. The molecule has 0 aliphatic heterocycles. The molecule has 2 heterocycles. The van der Waals surface area contributed by atoms with E-state index in [4.69, 9.17) is 0 Å². The molecule has 0 spiro atoms. The molecule has 28 heavy (non-hydrogen) atoms. The van der Waals surface area contributed by atoms with Crippen LogP contribution in [0.3, 0.4) is 0 Å². The van der Waals surface area contributed by atoms with Crippen LogP contribution in [0.15, 0.2) is 36.5 Å². The van der Waals surface area contributed by atoms with Gasteiger partial charge in [0, 0.05) is 23.2 Å². The van der Waals surface area contributed by atoms with Crippen molar-refractivity contribution in [2.75, 3.05) is 5.32 Å². The van der Waals surface area contributed by atoms with Gasteiger partial charge in [0.1, 0.15) is 0 Å². The molecule has 0 bridgehead atoms. The molecule has 1 aromatic carbocycles. The van der Waals surface area contributed by atoms with Crippen LogP contribution in [-0.2, 0) is 12.8 Å². The molecule has 144 valence electrons. The van der Waals surface area contributed by atoms with Crippen LogP contribution in [0.4, 0.5) is 10.8 Å². The number of aromatic nitrogens is 3. The predicted molar refractivity (Wildman–Crippen MR) is 106 cm³/mol. The first kappa shape index (κ1) is 18.3. The smallest absolute Gasteiger partial charge is 0.277 e. The van der Waals surface area contributed by atoms with Crippen LogP contribution < -0.4 is 5.32 Å². The van der Waals surface area contributed by atoms with E-state index in [0.29, 0.717) is 10.8 Å².